The van der Waals surface area contributed by atoms with Crippen LogP contribution in [0.2, 0.25) is 0 Å². The Morgan fingerprint density at radius 1 is 1.09 bits per heavy atom. The molecule has 1 amide bonds. The predicted octanol–water partition coefficient (Wildman–Crippen LogP) is 5.43. The van der Waals surface area contributed by atoms with Gasteiger partial charge in [-0.05, 0) is 69.5 Å². The predicted molar refractivity (Wildman–Crippen MR) is 127 cm³/mol. The SMILES string of the molecule is Cc1cccc(OCc2c(C(=O)Nc3c(C)nn(Cc4ccc(F)cc4)c3C)noc2C)c1C. The minimum Gasteiger partial charge on any atom is -0.488 e. The Morgan fingerprint density at radius 2 is 1.82 bits per heavy atom. The highest BCUT2D eigenvalue weighted by Gasteiger charge is 2.23. The summed E-state index contributed by atoms with van der Waals surface area (Å²) in [5, 5.41) is 11.4. The first-order valence-corrected chi connectivity index (χ1v) is 11.0. The fourth-order valence-corrected chi connectivity index (χ4v) is 3.74. The summed E-state index contributed by atoms with van der Waals surface area (Å²) in [5.74, 6) is 0.589. The number of halogens is 1. The number of carbonyl (C=O) groups excluding carboxylic acids is 1. The quantitative estimate of drug-likeness (QED) is 0.396. The molecule has 0 saturated carbocycles. The van der Waals surface area contributed by atoms with Crippen LogP contribution in [-0.2, 0) is 13.2 Å². The summed E-state index contributed by atoms with van der Waals surface area (Å²) in [4.78, 5) is 13.1. The number of anilines is 1. The molecule has 0 bridgehead atoms. The smallest absolute Gasteiger partial charge is 0.278 e. The van der Waals surface area contributed by atoms with Gasteiger partial charge >= 0.3 is 0 Å². The Hall–Kier alpha value is -3.94. The fraction of sp³-hybridized carbons (Fsp3) is 0.269. The van der Waals surface area contributed by atoms with E-state index in [1.807, 2.05) is 45.9 Å². The van der Waals surface area contributed by atoms with Crippen LogP contribution in [0.15, 0.2) is 47.0 Å². The Kier molecular flexibility index (Phi) is 6.49. The Labute approximate surface area is 197 Å². The van der Waals surface area contributed by atoms with E-state index in [2.05, 4.69) is 15.6 Å². The summed E-state index contributed by atoms with van der Waals surface area (Å²) in [6.45, 7) is 10.1. The van der Waals surface area contributed by atoms with Crippen molar-refractivity contribution >= 4 is 11.6 Å². The minimum atomic E-state index is -0.399. The molecule has 2 aromatic carbocycles. The highest BCUT2D eigenvalue weighted by Crippen LogP contribution is 2.25. The van der Waals surface area contributed by atoms with E-state index in [0.29, 0.717) is 29.2 Å². The molecular weight excluding hydrogens is 435 g/mol. The summed E-state index contributed by atoms with van der Waals surface area (Å²) in [7, 11) is 0. The molecule has 7 nitrogen and oxygen atoms in total. The third-order valence-electron chi connectivity index (χ3n) is 5.99. The van der Waals surface area contributed by atoms with E-state index in [1.54, 1.807) is 23.7 Å². The molecule has 8 heteroatoms. The van der Waals surface area contributed by atoms with Crippen LogP contribution in [0.4, 0.5) is 10.1 Å². The summed E-state index contributed by atoms with van der Waals surface area (Å²) in [6, 6.07) is 12.1. The molecule has 0 radical (unpaired) electrons. The van der Waals surface area contributed by atoms with Crippen LogP contribution in [0, 0.1) is 40.4 Å². The summed E-state index contributed by atoms with van der Waals surface area (Å²) >= 11 is 0. The van der Waals surface area contributed by atoms with Gasteiger partial charge in [0.25, 0.3) is 5.91 Å². The van der Waals surface area contributed by atoms with Gasteiger partial charge in [0.1, 0.15) is 23.9 Å². The number of carbonyl (C=O) groups is 1. The molecule has 4 aromatic rings. The summed E-state index contributed by atoms with van der Waals surface area (Å²) in [6.07, 6.45) is 0. The maximum atomic E-state index is 13.2. The van der Waals surface area contributed by atoms with Crippen molar-refractivity contribution < 1.29 is 18.4 Å². The molecule has 1 N–H and O–H groups in total. The number of nitrogens with zero attached hydrogens (tertiary/aromatic N) is 3. The van der Waals surface area contributed by atoms with E-state index < -0.39 is 5.91 Å². The Bertz CT molecular complexity index is 1340. The molecule has 34 heavy (non-hydrogen) atoms. The van der Waals surface area contributed by atoms with Crippen molar-refractivity contribution in [2.24, 2.45) is 0 Å². The maximum Gasteiger partial charge on any atom is 0.278 e. The van der Waals surface area contributed by atoms with Crippen molar-refractivity contribution in [2.75, 3.05) is 5.32 Å². The van der Waals surface area contributed by atoms with Crippen LogP contribution in [-0.4, -0.2) is 20.8 Å². The van der Waals surface area contributed by atoms with E-state index in [0.717, 1.165) is 28.1 Å². The largest absolute Gasteiger partial charge is 0.488 e. The van der Waals surface area contributed by atoms with Crippen molar-refractivity contribution in [3.8, 4) is 5.75 Å². The van der Waals surface area contributed by atoms with Crippen LogP contribution < -0.4 is 10.1 Å². The topological polar surface area (TPSA) is 82.2 Å². The van der Waals surface area contributed by atoms with Gasteiger partial charge in [-0.15, -0.1) is 0 Å². The number of aromatic nitrogens is 3. The first-order valence-electron chi connectivity index (χ1n) is 11.0. The molecule has 0 atom stereocenters. The summed E-state index contributed by atoms with van der Waals surface area (Å²) < 4.78 is 26.3. The van der Waals surface area contributed by atoms with Gasteiger partial charge in [0, 0.05) is 0 Å². The van der Waals surface area contributed by atoms with Crippen molar-refractivity contribution in [3.05, 3.63) is 93.4 Å². The molecule has 2 aromatic heterocycles. The van der Waals surface area contributed by atoms with Crippen molar-refractivity contribution in [3.63, 3.8) is 0 Å². The number of rotatable bonds is 7. The summed E-state index contributed by atoms with van der Waals surface area (Å²) in [5.41, 5.74) is 5.89. The number of ether oxygens (including phenoxy) is 1. The molecule has 0 spiro atoms. The average molecular weight is 463 g/mol. The van der Waals surface area contributed by atoms with E-state index in [-0.39, 0.29) is 18.1 Å². The highest BCUT2D eigenvalue weighted by atomic mass is 19.1. The second-order valence-electron chi connectivity index (χ2n) is 8.34. The van der Waals surface area contributed by atoms with E-state index in [1.165, 1.54) is 12.1 Å². The molecule has 0 fully saturated rings. The molecule has 2 heterocycles. The van der Waals surface area contributed by atoms with Crippen LogP contribution in [0.25, 0.3) is 0 Å². The zero-order valence-corrected chi connectivity index (χ0v) is 19.9. The molecule has 176 valence electrons. The van der Waals surface area contributed by atoms with Gasteiger partial charge in [0.05, 0.1) is 29.2 Å². The van der Waals surface area contributed by atoms with E-state index >= 15 is 0 Å². The van der Waals surface area contributed by atoms with Gasteiger partial charge in [0.15, 0.2) is 5.69 Å². The third-order valence-corrected chi connectivity index (χ3v) is 5.99. The molecule has 4 rings (SSSR count). The number of hydrogen-bond acceptors (Lipinski definition) is 5. The van der Waals surface area contributed by atoms with Crippen LogP contribution in [0.5, 0.6) is 5.75 Å². The van der Waals surface area contributed by atoms with Gasteiger partial charge in [-0.1, -0.05) is 29.4 Å². The number of aryl methyl sites for hydroxylation is 3. The van der Waals surface area contributed by atoms with Crippen molar-refractivity contribution in [2.45, 2.75) is 47.8 Å². The van der Waals surface area contributed by atoms with Crippen molar-refractivity contribution in [1.82, 2.24) is 14.9 Å². The Morgan fingerprint density at radius 3 is 2.56 bits per heavy atom. The maximum absolute atomic E-state index is 13.2. The van der Waals surface area contributed by atoms with Gasteiger partial charge in [-0.2, -0.15) is 5.10 Å². The average Bonchev–Trinajstić information content (AvgIpc) is 3.30. The lowest BCUT2D eigenvalue weighted by atomic mass is 10.1. The molecule has 0 aliphatic rings. The lowest BCUT2D eigenvalue weighted by Gasteiger charge is -2.11. The molecule has 0 aliphatic heterocycles. The first kappa shape index (κ1) is 23.2. The van der Waals surface area contributed by atoms with Gasteiger partial charge in [-0.3, -0.25) is 9.48 Å². The number of amides is 1. The molecule has 0 aliphatic carbocycles. The number of hydrogen-bond donors (Lipinski definition) is 1. The first-order chi connectivity index (χ1) is 16.2. The van der Waals surface area contributed by atoms with Crippen LogP contribution >= 0.6 is 0 Å². The molecular formula is C26H27FN4O3. The lowest BCUT2D eigenvalue weighted by molar-refractivity contribution is 0.101. The van der Waals surface area contributed by atoms with E-state index in [4.69, 9.17) is 9.26 Å². The molecule has 0 unspecified atom stereocenters. The third kappa shape index (κ3) is 4.71. The van der Waals surface area contributed by atoms with E-state index in [9.17, 15) is 9.18 Å². The number of benzene rings is 2. The van der Waals surface area contributed by atoms with Gasteiger partial charge in [-0.25, -0.2) is 4.39 Å². The zero-order valence-electron chi connectivity index (χ0n) is 19.9. The normalized spacial score (nSPS) is 11.0. The highest BCUT2D eigenvalue weighted by molar-refractivity contribution is 6.04. The second kappa shape index (κ2) is 9.51. The van der Waals surface area contributed by atoms with Crippen LogP contribution in [0.1, 0.15) is 49.9 Å². The standard InChI is InChI=1S/C26H27FN4O3/c1-15-7-6-8-23(16(15)2)33-14-22-19(5)34-30-25(22)26(32)28-24-17(3)29-31(18(24)4)13-20-9-11-21(27)12-10-20/h6-12H,13-14H2,1-5H3,(H,28,32). The molecule has 0 saturated heterocycles. The van der Waals surface area contributed by atoms with Gasteiger partial charge in [0.2, 0.25) is 0 Å². The number of nitrogens with one attached hydrogen (secondary N) is 1. The van der Waals surface area contributed by atoms with Gasteiger partial charge < -0.3 is 14.6 Å². The van der Waals surface area contributed by atoms with Crippen LogP contribution in [0.3, 0.4) is 0 Å². The lowest BCUT2D eigenvalue weighted by Crippen LogP contribution is -2.16. The van der Waals surface area contributed by atoms with Crippen molar-refractivity contribution in [1.29, 1.82) is 0 Å². The zero-order chi connectivity index (χ0) is 24.4. The Balaban J connectivity index is 1.52. The monoisotopic (exact) mass is 462 g/mol. The minimum absolute atomic E-state index is 0.157. The fourth-order valence-electron chi connectivity index (χ4n) is 3.74. The second-order valence-corrected chi connectivity index (χ2v) is 8.34.